The van der Waals surface area contributed by atoms with Gasteiger partial charge in [0.05, 0.1) is 23.6 Å². The number of anilines is 1. The van der Waals surface area contributed by atoms with Crippen LogP contribution in [0.25, 0.3) is 0 Å². The maximum atomic E-state index is 12.3. The van der Waals surface area contributed by atoms with Crippen LogP contribution in [-0.2, 0) is 19.6 Å². The number of amides is 1. The van der Waals surface area contributed by atoms with Gasteiger partial charge in [0.2, 0.25) is 15.9 Å². The lowest BCUT2D eigenvalue weighted by atomic mass is 10.3. The first-order chi connectivity index (χ1) is 11.7. The molecule has 1 amide bonds. The normalized spacial score (nSPS) is 12.4. The SMILES string of the molecule is COC(=O)c1cc(C)sc1NC(=O)C(C)NS(=O)(=O)c1ccccc1. The van der Waals surface area contributed by atoms with Crippen molar-refractivity contribution in [3.63, 3.8) is 0 Å². The van der Waals surface area contributed by atoms with E-state index >= 15 is 0 Å². The number of rotatable bonds is 6. The minimum Gasteiger partial charge on any atom is -0.465 e. The van der Waals surface area contributed by atoms with Crippen molar-refractivity contribution in [3.8, 4) is 0 Å². The predicted octanol–water partition coefficient (Wildman–Crippen LogP) is 2.15. The highest BCUT2D eigenvalue weighted by molar-refractivity contribution is 7.89. The summed E-state index contributed by atoms with van der Waals surface area (Å²) in [5.41, 5.74) is 0.233. The molecule has 134 valence electrons. The molecule has 7 nitrogen and oxygen atoms in total. The molecule has 0 aliphatic rings. The number of hydrogen-bond donors (Lipinski definition) is 2. The average molecular weight is 382 g/mol. The second-order valence-electron chi connectivity index (χ2n) is 5.24. The molecule has 0 bridgehead atoms. The number of ether oxygens (including phenoxy) is 1. The Hall–Kier alpha value is -2.23. The topological polar surface area (TPSA) is 102 Å². The number of methoxy groups -OCH3 is 1. The summed E-state index contributed by atoms with van der Waals surface area (Å²) in [6.07, 6.45) is 0. The zero-order valence-electron chi connectivity index (χ0n) is 13.9. The van der Waals surface area contributed by atoms with Gasteiger partial charge in [-0.15, -0.1) is 11.3 Å². The highest BCUT2D eigenvalue weighted by Crippen LogP contribution is 2.28. The number of thiophene rings is 1. The molecular weight excluding hydrogens is 364 g/mol. The first-order valence-corrected chi connectivity index (χ1v) is 9.61. The summed E-state index contributed by atoms with van der Waals surface area (Å²) in [4.78, 5) is 24.9. The number of nitrogens with one attached hydrogen (secondary N) is 2. The lowest BCUT2D eigenvalue weighted by molar-refractivity contribution is -0.117. The number of sulfonamides is 1. The van der Waals surface area contributed by atoms with E-state index in [-0.39, 0.29) is 10.5 Å². The number of hydrogen-bond acceptors (Lipinski definition) is 6. The summed E-state index contributed by atoms with van der Waals surface area (Å²) >= 11 is 1.21. The van der Waals surface area contributed by atoms with E-state index < -0.39 is 27.9 Å². The van der Waals surface area contributed by atoms with E-state index in [0.29, 0.717) is 5.00 Å². The highest BCUT2D eigenvalue weighted by atomic mass is 32.2. The van der Waals surface area contributed by atoms with Crippen molar-refractivity contribution in [3.05, 3.63) is 46.8 Å². The Morgan fingerprint density at radius 3 is 2.44 bits per heavy atom. The van der Waals surface area contributed by atoms with Crippen molar-refractivity contribution in [2.75, 3.05) is 12.4 Å². The number of carbonyl (C=O) groups excluding carboxylic acids is 2. The smallest absolute Gasteiger partial charge is 0.340 e. The Bertz CT molecular complexity index is 875. The zero-order valence-corrected chi connectivity index (χ0v) is 15.5. The second-order valence-corrected chi connectivity index (χ2v) is 8.21. The fourth-order valence-electron chi connectivity index (χ4n) is 2.04. The van der Waals surface area contributed by atoms with Crippen LogP contribution < -0.4 is 10.0 Å². The number of aryl methyl sites for hydroxylation is 1. The van der Waals surface area contributed by atoms with Crippen LogP contribution >= 0.6 is 11.3 Å². The molecule has 0 aliphatic heterocycles. The third-order valence-electron chi connectivity index (χ3n) is 3.28. The molecule has 0 spiro atoms. The third kappa shape index (κ3) is 4.65. The minimum absolute atomic E-state index is 0.0665. The van der Waals surface area contributed by atoms with Crippen LogP contribution in [0.2, 0.25) is 0 Å². The van der Waals surface area contributed by atoms with Crippen LogP contribution in [0.3, 0.4) is 0 Å². The van der Waals surface area contributed by atoms with Crippen LogP contribution in [-0.4, -0.2) is 33.4 Å². The molecule has 25 heavy (non-hydrogen) atoms. The largest absolute Gasteiger partial charge is 0.465 e. The Kier molecular flexibility index (Phi) is 5.93. The van der Waals surface area contributed by atoms with Gasteiger partial charge in [0.1, 0.15) is 5.00 Å². The molecule has 2 aromatic rings. The molecule has 2 N–H and O–H groups in total. The van der Waals surface area contributed by atoms with E-state index in [0.717, 1.165) is 4.88 Å². The Balaban J connectivity index is 2.13. The highest BCUT2D eigenvalue weighted by Gasteiger charge is 2.24. The molecule has 0 aliphatic carbocycles. The molecule has 1 unspecified atom stereocenters. The lowest BCUT2D eigenvalue weighted by Gasteiger charge is -2.14. The van der Waals surface area contributed by atoms with Gasteiger partial charge >= 0.3 is 5.97 Å². The van der Waals surface area contributed by atoms with Crippen LogP contribution in [0.4, 0.5) is 5.00 Å². The van der Waals surface area contributed by atoms with Crippen molar-refractivity contribution in [2.45, 2.75) is 24.8 Å². The lowest BCUT2D eigenvalue weighted by Crippen LogP contribution is -2.41. The summed E-state index contributed by atoms with van der Waals surface area (Å²) in [7, 11) is -2.57. The third-order valence-corrected chi connectivity index (χ3v) is 5.80. The van der Waals surface area contributed by atoms with Gasteiger partial charge in [-0.1, -0.05) is 18.2 Å². The molecule has 2 rings (SSSR count). The van der Waals surface area contributed by atoms with Gasteiger partial charge in [0.15, 0.2) is 0 Å². The molecule has 0 saturated heterocycles. The fourth-order valence-corrected chi connectivity index (χ4v) is 4.17. The first kappa shape index (κ1) is 19.1. The minimum atomic E-state index is -3.82. The van der Waals surface area contributed by atoms with E-state index in [1.54, 1.807) is 31.2 Å². The molecule has 1 aromatic carbocycles. The average Bonchev–Trinajstić information content (AvgIpc) is 2.94. The molecule has 0 radical (unpaired) electrons. The maximum absolute atomic E-state index is 12.3. The number of benzene rings is 1. The standard InChI is InChI=1S/C16H18N2O5S2/c1-10-9-13(16(20)23-3)15(24-10)17-14(19)11(2)18-25(21,22)12-7-5-4-6-8-12/h4-9,11,18H,1-3H3,(H,17,19). The summed E-state index contributed by atoms with van der Waals surface area (Å²) in [6, 6.07) is 8.33. The van der Waals surface area contributed by atoms with Crippen molar-refractivity contribution in [1.82, 2.24) is 4.72 Å². The van der Waals surface area contributed by atoms with Gasteiger partial charge in [-0.3, -0.25) is 4.79 Å². The van der Waals surface area contributed by atoms with E-state index in [1.807, 2.05) is 0 Å². The molecule has 0 saturated carbocycles. The van der Waals surface area contributed by atoms with Crippen LogP contribution in [0, 0.1) is 6.92 Å². The summed E-state index contributed by atoms with van der Waals surface area (Å²) in [5.74, 6) is -1.15. The molecule has 1 atom stereocenters. The molecular formula is C16H18N2O5S2. The maximum Gasteiger partial charge on any atom is 0.340 e. The van der Waals surface area contributed by atoms with Crippen LogP contribution in [0.15, 0.2) is 41.3 Å². The van der Waals surface area contributed by atoms with Gasteiger partial charge in [0.25, 0.3) is 0 Å². The van der Waals surface area contributed by atoms with E-state index in [1.165, 1.54) is 37.5 Å². The predicted molar refractivity (Wildman–Crippen MR) is 95.3 cm³/mol. The summed E-state index contributed by atoms with van der Waals surface area (Å²) in [5, 5.41) is 2.89. The van der Waals surface area contributed by atoms with Crippen LogP contribution in [0.5, 0.6) is 0 Å². The molecule has 1 aromatic heterocycles. The van der Waals surface area contributed by atoms with Gasteiger partial charge in [-0.25, -0.2) is 13.2 Å². The molecule has 0 fully saturated rings. The van der Waals surface area contributed by atoms with Gasteiger partial charge in [-0.2, -0.15) is 4.72 Å². The van der Waals surface area contributed by atoms with Crippen molar-refractivity contribution in [2.24, 2.45) is 0 Å². The number of carbonyl (C=O) groups is 2. The quantitative estimate of drug-likeness (QED) is 0.746. The summed E-state index contributed by atoms with van der Waals surface area (Å²) < 4.78 is 31.5. The zero-order chi connectivity index (χ0) is 18.6. The van der Waals surface area contributed by atoms with E-state index in [4.69, 9.17) is 0 Å². The van der Waals surface area contributed by atoms with E-state index in [9.17, 15) is 18.0 Å². The monoisotopic (exact) mass is 382 g/mol. The van der Waals surface area contributed by atoms with Crippen LogP contribution in [0.1, 0.15) is 22.2 Å². The Labute approximate surface area is 150 Å². The number of esters is 1. The van der Waals surface area contributed by atoms with Crippen molar-refractivity contribution < 1.29 is 22.7 Å². The Morgan fingerprint density at radius 1 is 1.20 bits per heavy atom. The van der Waals surface area contributed by atoms with Gasteiger partial charge < -0.3 is 10.1 Å². The van der Waals surface area contributed by atoms with Crippen molar-refractivity contribution >= 4 is 38.2 Å². The summed E-state index contributed by atoms with van der Waals surface area (Å²) in [6.45, 7) is 3.21. The Morgan fingerprint density at radius 2 is 1.84 bits per heavy atom. The molecule has 1 heterocycles. The second kappa shape index (κ2) is 7.77. The fraction of sp³-hybridized carbons (Fsp3) is 0.250. The van der Waals surface area contributed by atoms with Crippen molar-refractivity contribution in [1.29, 1.82) is 0 Å². The molecule has 9 heteroatoms. The van der Waals surface area contributed by atoms with E-state index in [2.05, 4.69) is 14.8 Å². The van der Waals surface area contributed by atoms with Gasteiger partial charge in [0, 0.05) is 4.88 Å². The first-order valence-electron chi connectivity index (χ1n) is 7.31. The van der Waals surface area contributed by atoms with Gasteiger partial charge in [-0.05, 0) is 32.0 Å².